The Labute approximate surface area is 167 Å². The number of hydrogen-bond acceptors (Lipinski definition) is 6. The van der Waals surface area contributed by atoms with Crippen LogP contribution in [-0.2, 0) is 18.9 Å². The molecule has 1 N–H and O–H groups in total. The molecule has 0 aliphatic carbocycles. The van der Waals surface area contributed by atoms with Gasteiger partial charge < -0.3 is 5.32 Å². The third kappa shape index (κ3) is 3.92. The lowest BCUT2D eigenvalue weighted by molar-refractivity contribution is -0.384. The van der Waals surface area contributed by atoms with Gasteiger partial charge in [0.1, 0.15) is 10.7 Å². The standard InChI is InChI=1S/C18H14ClN5O5/c1-22-16-12(17(26)23(2)18(22)27)8-11(9-20-16)21-15(25)6-4-10-3-5-13(19)14(7-10)24(28)29/h3-9H,1-2H3,(H,21,25)/b6-4+. The summed E-state index contributed by atoms with van der Waals surface area (Å²) < 4.78 is 2.18. The lowest BCUT2D eigenvalue weighted by atomic mass is 10.2. The first-order chi connectivity index (χ1) is 13.7. The molecule has 11 heteroatoms. The lowest BCUT2D eigenvalue weighted by Gasteiger charge is -2.08. The van der Waals surface area contributed by atoms with E-state index in [2.05, 4.69) is 10.3 Å². The summed E-state index contributed by atoms with van der Waals surface area (Å²) in [5.74, 6) is -0.537. The second kappa shape index (κ2) is 7.68. The number of benzene rings is 1. The van der Waals surface area contributed by atoms with E-state index in [1.807, 2.05) is 0 Å². The Morgan fingerprint density at radius 1 is 1.24 bits per heavy atom. The number of nitro groups is 1. The van der Waals surface area contributed by atoms with E-state index in [0.29, 0.717) is 5.56 Å². The Morgan fingerprint density at radius 2 is 1.97 bits per heavy atom. The lowest BCUT2D eigenvalue weighted by Crippen LogP contribution is -2.37. The monoisotopic (exact) mass is 415 g/mol. The summed E-state index contributed by atoms with van der Waals surface area (Å²) in [4.78, 5) is 50.7. The second-order valence-corrected chi connectivity index (χ2v) is 6.50. The summed E-state index contributed by atoms with van der Waals surface area (Å²) in [7, 11) is 2.84. The van der Waals surface area contributed by atoms with Crippen LogP contribution in [0.5, 0.6) is 0 Å². The molecule has 1 aromatic carbocycles. The van der Waals surface area contributed by atoms with Crippen molar-refractivity contribution >= 4 is 46.0 Å². The number of rotatable bonds is 4. The van der Waals surface area contributed by atoms with Crippen LogP contribution in [0.2, 0.25) is 5.02 Å². The van der Waals surface area contributed by atoms with Gasteiger partial charge in [-0.2, -0.15) is 0 Å². The van der Waals surface area contributed by atoms with Crippen LogP contribution in [-0.4, -0.2) is 24.9 Å². The van der Waals surface area contributed by atoms with E-state index in [0.717, 1.165) is 4.57 Å². The maximum absolute atomic E-state index is 12.3. The summed E-state index contributed by atoms with van der Waals surface area (Å²) in [6, 6.07) is 5.56. The molecular formula is C18H14ClN5O5. The van der Waals surface area contributed by atoms with Crippen molar-refractivity contribution in [3.63, 3.8) is 0 Å². The number of carbonyl (C=O) groups excluding carboxylic acids is 1. The normalized spacial score (nSPS) is 11.1. The van der Waals surface area contributed by atoms with E-state index >= 15 is 0 Å². The first-order valence-corrected chi connectivity index (χ1v) is 8.55. The van der Waals surface area contributed by atoms with E-state index in [9.17, 15) is 24.5 Å². The highest BCUT2D eigenvalue weighted by Gasteiger charge is 2.13. The van der Waals surface area contributed by atoms with Gasteiger partial charge in [-0.25, -0.2) is 9.78 Å². The topological polar surface area (TPSA) is 129 Å². The van der Waals surface area contributed by atoms with E-state index < -0.39 is 22.1 Å². The third-order valence-corrected chi connectivity index (χ3v) is 4.47. The van der Waals surface area contributed by atoms with Gasteiger partial charge in [0.05, 0.1) is 22.2 Å². The number of fused-ring (bicyclic) bond motifs is 1. The predicted molar refractivity (Wildman–Crippen MR) is 108 cm³/mol. The molecule has 3 rings (SSSR count). The number of nitrogens with zero attached hydrogens (tertiary/aromatic N) is 4. The molecule has 0 bridgehead atoms. The Morgan fingerprint density at radius 3 is 2.66 bits per heavy atom. The molecule has 148 valence electrons. The third-order valence-electron chi connectivity index (χ3n) is 4.15. The molecule has 10 nitrogen and oxygen atoms in total. The number of aromatic nitrogens is 3. The summed E-state index contributed by atoms with van der Waals surface area (Å²) in [6.07, 6.45) is 3.88. The number of hydrogen-bond donors (Lipinski definition) is 1. The summed E-state index contributed by atoms with van der Waals surface area (Å²) >= 11 is 5.75. The highest BCUT2D eigenvalue weighted by molar-refractivity contribution is 6.32. The van der Waals surface area contributed by atoms with Crippen LogP contribution >= 0.6 is 11.6 Å². The van der Waals surface area contributed by atoms with Crippen molar-refractivity contribution in [3.8, 4) is 0 Å². The molecule has 0 aliphatic heterocycles. The SMILES string of the molecule is Cn1c(=O)c2cc(NC(=O)/C=C/c3ccc(Cl)c([N+](=O)[O-])c3)cnc2n(C)c1=O. The van der Waals surface area contributed by atoms with Gasteiger partial charge in [0.25, 0.3) is 11.2 Å². The molecule has 1 amide bonds. The van der Waals surface area contributed by atoms with E-state index in [1.165, 1.54) is 61.3 Å². The van der Waals surface area contributed by atoms with Crippen molar-refractivity contribution < 1.29 is 9.72 Å². The van der Waals surface area contributed by atoms with Crippen LogP contribution < -0.4 is 16.6 Å². The zero-order valence-corrected chi connectivity index (χ0v) is 16.0. The van der Waals surface area contributed by atoms with Crippen molar-refractivity contribution in [2.45, 2.75) is 0 Å². The van der Waals surface area contributed by atoms with Gasteiger partial charge in [0.2, 0.25) is 5.91 Å². The summed E-state index contributed by atoms with van der Waals surface area (Å²) in [5, 5.41) is 13.6. The number of carbonyl (C=O) groups is 1. The first kappa shape index (κ1) is 20.0. The maximum atomic E-state index is 12.3. The van der Waals surface area contributed by atoms with Crippen LogP contribution in [0.25, 0.3) is 17.1 Å². The zero-order valence-electron chi connectivity index (χ0n) is 15.2. The molecule has 0 spiro atoms. The molecule has 0 radical (unpaired) electrons. The molecule has 3 aromatic rings. The minimum atomic E-state index is -0.617. The van der Waals surface area contributed by atoms with Crippen LogP contribution in [0.3, 0.4) is 0 Å². The van der Waals surface area contributed by atoms with Gasteiger partial charge in [-0.3, -0.25) is 28.8 Å². The van der Waals surface area contributed by atoms with Gasteiger partial charge in [-0.05, 0) is 23.8 Å². The van der Waals surface area contributed by atoms with E-state index in [4.69, 9.17) is 11.6 Å². The molecule has 0 unspecified atom stereocenters. The highest BCUT2D eigenvalue weighted by atomic mass is 35.5. The smallest absolute Gasteiger partial charge is 0.321 e. The number of anilines is 1. The van der Waals surface area contributed by atoms with Crippen LogP contribution in [0.15, 0.2) is 46.1 Å². The number of nitrogens with one attached hydrogen (secondary N) is 1. The molecule has 2 heterocycles. The van der Waals surface area contributed by atoms with Gasteiger partial charge in [0, 0.05) is 26.2 Å². The maximum Gasteiger partial charge on any atom is 0.332 e. The average Bonchev–Trinajstić information content (AvgIpc) is 2.69. The number of halogens is 1. The molecule has 0 atom stereocenters. The van der Waals surface area contributed by atoms with Gasteiger partial charge in [-0.1, -0.05) is 17.7 Å². The minimum Gasteiger partial charge on any atom is -0.321 e. The number of aryl methyl sites for hydroxylation is 1. The fourth-order valence-electron chi connectivity index (χ4n) is 2.66. The molecule has 0 saturated carbocycles. The molecule has 0 saturated heterocycles. The van der Waals surface area contributed by atoms with Crippen molar-refractivity contribution in [1.29, 1.82) is 0 Å². The summed E-state index contributed by atoms with van der Waals surface area (Å²) in [5.41, 5.74) is -0.446. The summed E-state index contributed by atoms with van der Waals surface area (Å²) in [6.45, 7) is 0. The molecule has 0 aliphatic rings. The van der Waals surface area contributed by atoms with Crippen LogP contribution in [0.4, 0.5) is 11.4 Å². The van der Waals surface area contributed by atoms with Gasteiger partial charge >= 0.3 is 5.69 Å². The Hall–Kier alpha value is -3.79. The first-order valence-electron chi connectivity index (χ1n) is 8.18. The predicted octanol–water partition coefficient (Wildman–Crippen LogP) is 1.85. The fourth-order valence-corrected chi connectivity index (χ4v) is 2.85. The second-order valence-electron chi connectivity index (χ2n) is 6.09. The average molecular weight is 416 g/mol. The van der Waals surface area contributed by atoms with Crippen molar-refractivity contribution in [1.82, 2.24) is 14.1 Å². The quantitative estimate of drug-likeness (QED) is 0.393. The van der Waals surface area contributed by atoms with Crippen molar-refractivity contribution in [2.75, 3.05) is 5.32 Å². The van der Waals surface area contributed by atoms with Gasteiger partial charge in [0.15, 0.2) is 0 Å². The molecule has 0 fully saturated rings. The van der Waals surface area contributed by atoms with E-state index in [1.54, 1.807) is 0 Å². The van der Waals surface area contributed by atoms with Crippen LogP contribution in [0, 0.1) is 10.1 Å². The molecule has 29 heavy (non-hydrogen) atoms. The van der Waals surface area contributed by atoms with Crippen molar-refractivity contribution in [2.24, 2.45) is 14.1 Å². The Bertz CT molecular complexity index is 1310. The van der Waals surface area contributed by atoms with Crippen molar-refractivity contribution in [3.05, 3.63) is 78.1 Å². The Kier molecular flexibility index (Phi) is 5.29. The van der Waals surface area contributed by atoms with E-state index in [-0.39, 0.29) is 27.4 Å². The number of pyridine rings is 1. The minimum absolute atomic E-state index is 0.00480. The zero-order chi connectivity index (χ0) is 21.3. The number of amides is 1. The van der Waals surface area contributed by atoms with Crippen LogP contribution in [0.1, 0.15) is 5.56 Å². The number of nitro benzene ring substituents is 1. The largest absolute Gasteiger partial charge is 0.332 e. The van der Waals surface area contributed by atoms with Gasteiger partial charge in [-0.15, -0.1) is 0 Å². The highest BCUT2D eigenvalue weighted by Crippen LogP contribution is 2.25. The molecule has 2 aromatic heterocycles. The Balaban J connectivity index is 1.86. The molecular weight excluding hydrogens is 402 g/mol. The fraction of sp³-hybridized carbons (Fsp3) is 0.111.